The van der Waals surface area contributed by atoms with Crippen molar-refractivity contribution in [2.75, 3.05) is 6.61 Å². The molecule has 10 rings (SSSR count). The number of aromatic amines is 2. The lowest BCUT2D eigenvalue weighted by Crippen LogP contribution is -2.08. The molecule has 3 aromatic heterocycles. The van der Waals surface area contributed by atoms with Crippen molar-refractivity contribution < 1.29 is 9.53 Å². The van der Waals surface area contributed by atoms with Gasteiger partial charge in [0, 0.05) is 66.4 Å². The first kappa shape index (κ1) is 34.6. The maximum absolute atomic E-state index is 13.9. The van der Waals surface area contributed by atoms with Crippen molar-refractivity contribution in [2.24, 2.45) is 0 Å². The van der Waals surface area contributed by atoms with Crippen LogP contribution in [0.25, 0.3) is 89.9 Å². The van der Waals surface area contributed by atoms with Gasteiger partial charge in [0.25, 0.3) is 0 Å². The van der Waals surface area contributed by atoms with E-state index in [1.165, 1.54) is 0 Å². The van der Waals surface area contributed by atoms with Crippen LogP contribution < -0.4 is 0 Å². The molecule has 3 aliphatic rings. The summed E-state index contributed by atoms with van der Waals surface area (Å²) in [6, 6.07) is 49.9. The Hall–Kier alpha value is -6.83. The molecule has 4 aromatic carbocycles. The average Bonchev–Trinajstić information content (AvgIpc) is 4.11. The molecular weight excluding hydrogens is 768 g/mol. The molecule has 0 fully saturated rings. The number of hydrogen-bond acceptors (Lipinski definition) is 4. The minimum Gasteiger partial charge on any atom is -0.463 e. The van der Waals surface area contributed by atoms with Crippen molar-refractivity contribution in [3.05, 3.63) is 178 Å². The van der Waals surface area contributed by atoms with Crippen LogP contribution in [0.3, 0.4) is 0 Å². The van der Waals surface area contributed by atoms with Gasteiger partial charge >= 0.3 is 5.97 Å². The zero-order chi connectivity index (χ0) is 38.5. The van der Waals surface area contributed by atoms with Crippen LogP contribution in [0.2, 0.25) is 0 Å². The lowest BCUT2D eigenvalue weighted by molar-refractivity contribution is -0.138. The van der Waals surface area contributed by atoms with Gasteiger partial charge in [-0.05, 0) is 65.6 Å². The maximum atomic E-state index is 13.9. The molecule has 6 nitrogen and oxygen atoms in total. The fourth-order valence-corrected chi connectivity index (χ4v) is 8.93. The third-order valence-electron chi connectivity index (χ3n) is 10.7. The highest BCUT2D eigenvalue weighted by Crippen LogP contribution is 2.54. The van der Waals surface area contributed by atoms with E-state index in [0.29, 0.717) is 17.7 Å². The smallest absolute Gasteiger partial charge is 0.335 e. The Morgan fingerprint density at radius 3 is 1.35 bits per heavy atom. The van der Waals surface area contributed by atoms with E-state index in [-0.39, 0.29) is 12.6 Å². The summed E-state index contributed by atoms with van der Waals surface area (Å²) in [6.07, 6.45) is 4.62. The number of fused-ring (bicyclic) bond motifs is 11. The standard InChI is InChI=1S/C50H35BrN4O2/c1-2-57-50(56)34-29-35(51)47-46(34)48-44(32-19-11-5-12-20-32)40-27-25-38(53-40)42(30-15-7-3-8-16-30)36-23-24-37(52-36)43(31-17-9-4-10-18-31)39-26-28-41(54-39)45(49(47)55-48)33-21-13-6-14-22-33/h3-28,53-54H,2,29H2,1H3. The number of nitrogens with zero attached hydrogens (tertiary/aromatic N) is 2. The molecule has 57 heavy (non-hydrogen) atoms. The van der Waals surface area contributed by atoms with Gasteiger partial charge in [-0.15, -0.1) is 0 Å². The van der Waals surface area contributed by atoms with Crippen molar-refractivity contribution in [2.45, 2.75) is 13.3 Å². The number of halogens is 1. The summed E-state index contributed by atoms with van der Waals surface area (Å²) in [5.41, 5.74) is 16.8. The summed E-state index contributed by atoms with van der Waals surface area (Å²) in [4.78, 5) is 32.6. The molecule has 0 saturated heterocycles. The second-order valence-corrected chi connectivity index (χ2v) is 15.0. The monoisotopic (exact) mass is 802 g/mol. The summed E-state index contributed by atoms with van der Waals surface area (Å²) in [7, 11) is 0. The molecule has 2 aliphatic heterocycles. The molecule has 5 heterocycles. The average molecular weight is 804 g/mol. The van der Waals surface area contributed by atoms with E-state index >= 15 is 0 Å². The van der Waals surface area contributed by atoms with Crippen LogP contribution >= 0.6 is 15.9 Å². The molecular formula is C50H35BrN4O2. The first-order valence-electron chi connectivity index (χ1n) is 19.1. The number of allylic oxidation sites excluding steroid dienone is 3. The lowest BCUT2D eigenvalue weighted by Gasteiger charge is -2.10. The van der Waals surface area contributed by atoms with Crippen LogP contribution in [-0.4, -0.2) is 32.5 Å². The number of carbonyl (C=O) groups excluding carboxylic acids is 1. The van der Waals surface area contributed by atoms with Gasteiger partial charge in [-0.25, -0.2) is 14.8 Å². The first-order valence-corrected chi connectivity index (χ1v) is 19.9. The van der Waals surface area contributed by atoms with Crippen LogP contribution in [0.1, 0.15) is 36.1 Å². The molecule has 0 amide bonds. The minimum atomic E-state index is -0.345. The quantitative estimate of drug-likeness (QED) is 0.164. The Morgan fingerprint density at radius 2 is 0.930 bits per heavy atom. The fourth-order valence-electron chi connectivity index (χ4n) is 8.26. The predicted molar refractivity (Wildman–Crippen MR) is 236 cm³/mol. The topological polar surface area (TPSA) is 83.7 Å². The summed E-state index contributed by atoms with van der Waals surface area (Å²) in [6.45, 7) is 2.11. The molecule has 274 valence electrons. The van der Waals surface area contributed by atoms with Crippen molar-refractivity contribution in [1.29, 1.82) is 0 Å². The van der Waals surface area contributed by atoms with Gasteiger partial charge in [0.2, 0.25) is 0 Å². The minimum absolute atomic E-state index is 0.267. The molecule has 0 radical (unpaired) electrons. The van der Waals surface area contributed by atoms with E-state index in [1.54, 1.807) is 0 Å². The fraction of sp³-hybridized carbons (Fsp3) is 0.0600. The van der Waals surface area contributed by atoms with Crippen molar-refractivity contribution in [3.63, 3.8) is 0 Å². The number of aromatic nitrogens is 4. The highest BCUT2D eigenvalue weighted by Gasteiger charge is 2.38. The van der Waals surface area contributed by atoms with Crippen LogP contribution in [0.5, 0.6) is 0 Å². The second-order valence-electron chi connectivity index (χ2n) is 14.1. The van der Waals surface area contributed by atoms with Gasteiger partial charge in [-0.3, -0.25) is 0 Å². The van der Waals surface area contributed by atoms with Crippen LogP contribution in [-0.2, 0) is 9.53 Å². The van der Waals surface area contributed by atoms with E-state index in [9.17, 15) is 4.79 Å². The Balaban J connectivity index is 1.46. The third kappa shape index (κ3) is 5.99. The number of benzene rings is 4. The predicted octanol–water partition coefficient (Wildman–Crippen LogP) is 12.7. The summed E-state index contributed by atoms with van der Waals surface area (Å²) >= 11 is 3.96. The second kappa shape index (κ2) is 14.3. The van der Waals surface area contributed by atoms with Gasteiger partial charge in [0.15, 0.2) is 0 Å². The largest absolute Gasteiger partial charge is 0.463 e. The zero-order valence-corrected chi connectivity index (χ0v) is 32.6. The molecule has 2 N–H and O–H groups in total. The van der Waals surface area contributed by atoms with E-state index in [2.05, 4.69) is 135 Å². The lowest BCUT2D eigenvalue weighted by atomic mass is 9.94. The molecule has 1 aliphatic carbocycles. The van der Waals surface area contributed by atoms with Crippen LogP contribution in [0, 0.1) is 0 Å². The molecule has 7 aromatic rings. The molecule has 7 heteroatoms. The molecule has 0 saturated carbocycles. The highest BCUT2D eigenvalue weighted by atomic mass is 79.9. The molecule has 0 spiro atoms. The number of carbonyl (C=O) groups is 1. The third-order valence-corrected chi connectivity index (χ3v) is 11.4. The Morgan fingerprint density at radius 1 is 0.544 bits per heavy atom. The maximum Gasteiger partial charge on any atom is 0.335 e. The van der Waals surface area contributed by atoms with E-state index in [4.69, 9.17) is 14.7 Å². The number of H-pyrrole nitrogens is 2. The molecule has 0 unspecified atom stereocenters. The Labute approximate surface area is 338 Å². The Bertz CT molecular complexity index is 3000. The zero-order valence-electron chi connectivity index (χ0n) is 31.0. The SMILES string of the molecule is CCOC(=O)C1=C2C(=C(Br)C1)c1nc2c(-c2ccccc2)c2ccc([nH]2)c(-c2ccccc2)c2nc(c(-c3ccccc3)c3ccc([nH]3)c1-c1ccccc1)C=C2. The van der Waals surface area contributed by atoms with E-state index < -0.39 is 0 Å². The molecule has 0 atom stereocenters. The summed E-state index contributed by atoms with van der Waals surface area (Å²) in [5, 5.41) is 0. The number of ether oxygens (including phenoxy) is 1. The highest BCUT2D eigenvalue weighted by molar-refractivity contribution is 9.11. The summed E-state index contributed by atoms with van der Waals surface area (Å²) in [5.74, 6) is -0.345. The normalized spacial score (nSPS) is 13.3. The van der Waals surface area contributed by atoms with Gasteiger partial charge < -0.3 is 14.7 Å². The van der Waals surface area contributed by atoms with Crippen LogP contribution in [0.15, 0.2) is 156 Å². The van der Waals surface area contributed by atoms with Crippen molar-refractivity contribution in [3.8, 4) is 44.5 Å². The van der Waals surface area contributed by atoms with Crippen LogP contribution in [0.4, 0.5) is 0 Å². The number of esters is 1. The number of rotatable bonds is 6. The van der Waals surface area contributed by atoms with E-state index in [0.717, 1.165) is 99.3 Å². The molecule has 8 bridgehead atoms. The Kier molecular flexibility index (Phi) is 8.72. The van der Waals surface area contributed by atoms with Gasteiger partial charge in [0.1, 0.15) is 0 Å². The van der Waals surface area contributed by atoms with Gasteiger partial charge in [0.05, 0.1) is 35.0 Å². The van der Waals surface area contributed by atoms with E-state index in [1.807, 2.05) is 55.5 Å². The van der Waals surface area contributed by atoms with Crippen molar-refractivity contribution >= 4 is 67.3 Å². The van der Waals surface area contributed by atoms with Gasteiger partial charge in [-0.1, -0.05) is 137 Å². The van der Waals surface area contributed by atoms with Gasteiger partial charge in [-0.2, -0.15) is 0 Å². The number of hydrogen-bond donors (Lipinski definition) is 2. The number of nitrogens with one attached hydrogen (secondary N) is 2. The first-order chi connectivity index (χ1) is 28.1. The summed E-state index contributed by atoms with van der Waals surface area (Å²) < 4.78 is 6.61. The van der Waals surface area contributed by atoms with Crippen molar-refractivity contribution in [1.82, 2.24) is 19.9 Å².